The van der Waals surface area contributed by atoms with E-state index < -0.39 is 0 Å². The molecule has 1 rings (SSSR count). The van der Waals surface area contributed by atoms with E-state index in [1.807, 2.05) is 0 Å². The lowest BCUT2D eigenvalue weighted by Crippen LogP contribution is -2.23. The Hall–Kier alpha value is -0.0900. The monoisotopic (exact) mass is 359 g/mol. The molecule has 1 N–H and O–H groups in total. The molecule has 0 aromatic heterocycles. The van der Waals surface area contributed by atoms with Crippen molar-refractivity contribution in [1.82, 2.24) is 5.32 Å². The van der Waals surface area contributed by atoms with Crippen LogP contribution in [0.4, 0.5) is 0 Å². The highest BCUT2D eigenvalue weighted by molar-refractivity contribution is 14.1. The Labute approximate surface area is 126 Å². The van der Waals surface area contributed by atoms with Gasteiger partial charge in [0.15, 0.2) is 0 Å². The van der Waals surface area contributed by atoms with Crippen molar-refractivity contribution >= 4 is 22.6 Å². The second-order valence-electron chi connectivity index (χ2n) is 6.16. The van der Waals surface area contributed by atoms with Gasteiger partial charge in [0.05, 0.1) is 0 Å². The fraction of sp³-hybridized carbons (Fsp3) is 0.625. The second kappa shape index (κ2) is 7.49. The molecule has 1 aromatic rings. The first-order valence-electron chi connectivity index (χ1n) is 6.91. The smallest absolute Gasteiger partial charge is 0.0320 e. The van der Waals surface area contributed by atoms with Crippen LogP contribution < -0.4 is 5.32 Å². The average Bonchev–Trinajstić information content (AvgIpc) is 2.29. The van der Waals surface area contributed by atoms with Gasteiger partial charge in [-0.3, -0.25) is 0 Å². The Morgan fingerprint density at radius 2 is 1.78 bits per heavy atom. The molecule has 102 valence electrons. The SMILES string of the molecule is CCCNC(CCC(C)(C)C)c1ccc(I)cc1. The predicted molar refractivity (Wildman–Crippen MR) is 88.9 cm³/mol. The van der Waals surface area contributed by atoms with E-state index in [-0.39, 0.29) is 0 Å². The quantitative estimate of drug-likeness (QED) is 0.692. The highest BCUT2D eigenvalue weighted by atomic mass is 127. The lowest BCUT2D eigenvalue weighted by atomic mass is 9.87. The van der Waals surface area contributed by atoms with Gasteiger partial charge in [0.1, 0.15) is 0 Å². The maximum absolute atomic E-state index is 3.68. The summed E-state index contributed by atoms with van der Waals surface area (Å²) < 4.78 is 1.31. The molecule has 0 saturated carbocycles. The first-order valence-corrected chi connectivity index (χ1v) is 7.99. The van der Waals surface area contributed by atoms with Crippen molar-refractivity contribution in [2.75, 3.05) is 6.54 Å². The molecule has 1 atom stereocenters. The number of hydrogen-bond donors (Lipinski definition) is 1. The van der Waals surface area contributed by atoms with Crippen LogP contribution in [0, 0.1) is 8.99 Å². The first kappa shape index (κ1) is 16.0. The standard InChI is InChI=1S/C16H26IN/c1-5-12-18-15(10-11-16(2,3)4)13-6-8-14(17)9-7-13/h6-9,15,18H,5,10-12H2,1-4H3. The van der Waals surface area contributed by atoms with Crippen molar-refractivity contribution in [1.29, 1.82) is 0 Å². The van der Waals surface area contributed by atoms with Gasteiger partial charge in [0.25, 0.3) is 0 Å². The van der Waals surface area contributed by atoms with Crippen LogP contribution in [0.1, 0.15) is 58.6 Å². The molecular formula is C16H26IN. The van der Waals surface area contributed by atoms with E-state index in [2.05, 4.69) is 79.9 Å². The zero-order chi connectivity index (χ0) is 13.6. The van der Waals surface area contributed by atoms with Gasteiger partial charge in [-0.2, -0.15) is 0 Å². The highest BCUT2D eigenvalue weighted by Crippen LogP contribution is 2.27. The minimum atomic E-state index is 0.412. The molecule has 0 aliphatic rings. The van der Waals surface area contributed by atoms with Crippen LogP contribution in [0.5, 0.6) is 0 Å². The average molecular weight is 359 g/mol. The number of halogens is 1. The molecular weight excluding hydrogens is 333 g/mol. The van der Waals surface area contributed by atoms with E-state index >= 15 is 0 Å². The summed E-state index contributed by atoms with van der Waals surface area (Å²) in [6, 6.07) is 9.43. The van der Waals surface area contributed by atoms with Gasteiger partial charge in [0.2, 0.25) is 0 Å². The molecule has 0 bridgehead atoms. The van der Waals surface area contributed by atoms with Crippen LogP contribution >= 0.6 is 22.6 Å². The summed E-state index contributed by atoms with van der Waals surface area (Å²) in [6.07, 6.45) is 3.65. The molecule has 0 amide bonds. The maximum Gasteiger partial charge on any atom is 0.0320 e. The molecule has 0 aliphatic carbocycles. The fourth-order valence-corrected chi connectivity index (χ4v) is 2.34. The van der Waals surface area contributed by atoms with E-state index in [9.17, 15) is 0 Å². The summed E-state index contributed by atoms with van der Waals surface area (Å²) in [5.41, 5.74) is 1.84. The fourth-order valence-electron chi connectivity index (χ4n) is 1.98. The highest BCUT2D eigenvalue weighted by Gasteiger charge is 2.16. The zero-order valence-corrected chi connectivity index (χ0v) is 14.3. The molecule has 0 aliphatic heterocycles. The topological polar surface area (TPSA) is 12.0 Å². The van der Waals surface area contributed by atoms with Crippen LogP contribution in [0.3, 0.4) is 0 Å². The Morgan fingerprint density at radius 3 is 2.28 bits per heavy atom. The van der Waals surface area contributed by atoms with Gasteiger partial charge in [-0.25, -0.2) is 0 Å². The van der Waals surface area contributed by atoms with Crippen molar-refractivity contribution in [3.05, 3.63) is 33.4 Å². The Morgan fingerprint density at radius 1 is 1.17 bits per heavy atom. The van der Waals surface area contributed by atoms with Crippen LogP contribution in [-0.2, 0) is 0 Å². The van der Waals surface area contributed by atoms with Gasteiger partial charge in [0, 0.05) is 9.61 Å². The van der Waals surface area contributed by atoms with E-state index in [1.54, 1.807) is 0 Å². The minimum absolute atomic E-state index is 0.412. The largest absolute Gasteiger partial charge is 0.310 e. The predicted octanol–water partition coefficient (Wildman–Crippen LogP) is 5.16. The molecule has 0 saturated heterocycles. The van der Waals surface area contributed by atoms with Gasteiger partial charge >= 0.3 is 0 Å². The molecule has 1 nitrogen and oxygen atoms in total. The molecule has 1 unspecified atom stereocenters. The van der Waals surface area contributed by atoms with Gasteiger partial charge in [-0.15, -0.1) is 0 Å². The minimum Gasteiger partial charge on any atom is -0.310 e. The number of hydrogen-bond acceptors (Lipinski definition) is 1. The van der Waals surface area contributed by atoms with Crippen LogP contribution in [-0.4, -0.2) is 6.54 Å². The normalized spacial score (nSPS) is 13.6. The third-order valence-electron chi connectivity index (χ3n) is 3.10. The third-order valence-corrected chi connectivity index (χ3v) is 3.82. The van der Waals surface area contributed by atoms with Gasteiger partial charge in [-0.1, -0.05) is 39.8 Å². The summed E-state index contributed by atoms with van der Waals surface area (Å²) in [5.74, 6) is 0. The molecule has 2 heteroatoms. The Bertz CT molecular complexity index is 337. The summed E-state index contributed by atoms with van der Waals surface area (Å²) in [4.78, 5) is 0. The summed E-state index contributed by atoms with van der Waals surface area (Å²) in [5, 5.41) is 3.68. The lowest BCUT2D eigenvalue weighted by Gasteiger charge is -2.24. The first-order chi connectivity index (χ1) is 8.42. The lowest BCUT2D eigenvalue weighted by molar-refractivity contribution is 0.332. The maximum atomic E-state index is 3.68. The number of rotatable bonds is 6. The van der Waals surface area contributed by atoms with Gasteiger partial charge in [-0.05, 0) is 71.5 Å². The van der Waals surface area contributed by atoms with E-state index in [1.165, 1.54) is 28.4 Å². The van der Waals surface area contributed by atoms with Crippen LogP contribution in [0.2, 0.25) is 0 Å². The molecule has 0 heterocycles. The number of nitrogens with one attached hydrogen (secondary N) is 1. The zero-order valence-electron chi connectivity index (χ0n) is 12.1. The molecule has 0 spiro atoms. The van der Waals surface area contributed by atoms with E-state index in [0.717, 1.165) is 6.54 Å². The van der Waals surface area contributed by atoms with Gasteiger partial charge < -0.3 is 5.32 Å². The molecule has 18 heavy (non-hydrogen) atoms. The number of benzene rings is 1. The molecule has 0 radical (unpaired) electrons. The van der Waals surface area contributed by atoms with Crippen molar-refractivity contribution in [3.63, 3.8) is 0 Å². The third kappa shape index (κ3) is 6.19. The Balaban J connectivity index is 2.68. The van der Waals surface area contributed by atoms with E-state index in [4.69, 9.17) is 0 Å². The molecule has 0 fully saturated rings. The molecule has 1 aromatic carbocycles. The summed E-state index contributed by atoms with van der Waals surface area (Å²) >= 11 is 2.36. The van der Waals surface area contributed by atoms with Crippen molar-refractivity contribution < 1.29 is 0 Å². The second-order valence-corrected chi connectivity index (χ2v) is 7.40. The Kier molecular flexibility index (Phi) is 6.64. The van der Waals surface area contributed by atoms with E-state index in [0.29, 0.717) is 11.5 Å². The summed E-state index contributed by atoms with van der Waals surface area (Å²) in [7, 11) is 0. The van der Waals surface area contributed by atoms with Crippen molar-refractivity contribution in [2.24, 2.45) is 5.41 Å². The van der Waals surface area contributed by atoms with Crippen molar-refractivity contribution in [2.45, 2.75) is 53.0 Å². The van der Waals surface area contributed by atoms with Crippen LogP contribution in [0.15, 0.2) is 24.3 Å². The summed E-state index contributed by atoms with van der Waals surface area (Å²) in [6.45, 7) is 10.3. The van der Waals surface area contributed by atoms with Crippen molar-refractivity contribution in [3.8, 4) is 0 Å². The van der Waals surface area contributed by atoms with Crippen LogP contribution in [0.25, 0.3) is 0 Å².